The Labute approximate surface area is 127 Å². The minimum atomic E-state index is -4.87. The molecule has 1 aromatic rings. The van der Waals surface area contributed by atoms with Crippen molar-refractivity contribution in [2.45, 2.75) is 12.6 Å². The lowest BCUT2D eigenvalue weighted by Gasteiger charge is -2.09. The monoisotopic (exact) mass is 400 g/mol. The van der Waals surface area contributed by atoms with Crippen LogP contribution in [0.2, 0.25) is 0 Å². The maximum atomic E-state index is 11.9. The van der Waals surface area contributed by atoms with Crippen molar-refractivity contribution >= 4 is 34.4 Å². The quantitative estimate of drug-likeness (QED) is 0.588. The van der Waals surface area contributed by atoms with Gasteiger partial charge in [-0.15, -0.1) is 0 Å². The van der Waals surface area contributed by atoms with Gasteiger partial charge in [-0.1, -0.05) is 12.1 Å². The normalized spacial score (nSPS) is 11.0. The summed E-state index contributed by atoms with van der Waals surface area (Å²) in [6.45, 7) is 0.0342. The summed E-state index contributed by atoms with van der Waals surface area (Å²) < 4.78 is 36.4. The summed E-state index contributed by atoms with van der Waals surface area (Å²) in [4.78, 5) is 22.2. The van der Waals surface area contributed by atoms with E-state index in [4.69, 9.17) is 0 Å². The number of halogens is 4. The molecular formula is C12H12F3IN2O2. The van der Waals surface area contributed by atoms with Gasteiger partial charge in [0.15, 0.2) is 0 Å². The lowest BCUT2D eigenvalue weighted by Crippen LogP contribution is -2.38. The molecule has 0 heterocycles. The van der Waals surface area contributed by atoms with E-state index in [1.807, 2.05) is 22.6 Å². The van der Waals surface area contributed by atoms with Crippen LogP contribution < -0.4 is 10.6 Å². The average molecular weight is 400 g/mol. The van der Waals surface area contributed by atoms with Crippen LogP contribution >= 0.6 is 22.6 Å². The standard InChI is InChI=1S/C12H12F3IN2O2/c13-12(14,15)11(20)18-7-3-6-17-10(19)8-4-1-2-5-9(8)16/h1-2,4-5H,3,6-7H2,(H,17,19)(H,18,20). The Balaban J connectivity index is 2.27. The summed E-state index contributed by atoms with van der Waals surface area (Å²) >= 11 is 2.02. The molecule has 4 nitrogen and oxygen atoms in total. The fraction of sp³-hybridized carbons (Fsp3) is 0.333. The zero-order valence-corrected chi connectivity index (χ0v) is 12.4. The van der Waals surface area contributed by atoms with Crippen LogP contribution in [0.25, 0.3) is 0 Å². The Bertz CT molecular complexity index is 492. The average Bonchev–Trinajstić information content (AvgIpc) is 2.37. The van der Waals surface area contributed by atoms with E-state index in [2.05, 4.69) is 5.32 Å². The molecule has 1 rings (SSSR count). The molecule has 0 spiro atoms. The summed E-state index contributed by atoms with van der Waals surface area (Å²) in [5.41, 5.74) is 0.507. The minimum Gasteiger partial charge on any atom is -0.352 e. The van der Waals surface area contributed by atoms with E-state index in [1.54, 1.807) is 29.6 Å². The molecular weight excluding hydrogens is 388 g/mol. The highest BCUT2D eigenvalue weighted by atomic mass is 127. The molecule has 0 aliphatic heterocycles. The third-order valence-electron chi connectivity index (χ3n) is 2.30. The molecule has 0 saturated heterocycles. The van der Waals surface area contributed by atoms with Crippen LogP contribution in [0.15, 0.2) is 24.3 Å². The van der Waals surface area contributed by atoms with Crippen LogP contribution in [0, 0.1) is 3.57 Å². The van der Waals surface area contributed by atoms with E-state index in [0.717, 1.165) is 3.57 Å². The molecule has 8 heteroatoms. The lowest BCUT2D eigenvalue weighted by molar-refractivity contribution is -0.173. The third-order valence-corrected chi connectivity index (χ3v) is 3.24. The highest BCUT2D eigenvalue weighted by Crippen LogP contribution is 2.13. The number of alkyl halides is 3. The number of amides is 2. The van der Waals surface area contributed by atoms with Crippen molar-refractivity contribution in [3.05, 3.63) is 33.4 Å². The molecule has 0 saturated carbocycles. The largest absolute Gasteiger partial charge is 0.471 e. The Morgan fingerprint density at radius 2 is 1.70 bits per heavy atom. The van der Waals surface area contributed by atoms with E-state index in [-0.39, 0.29) is 25.4 Å². The van der Waals surface area contributed by atoms with Gasteiger partial charge in [0.25, 0.3) is 5.91 Å². The zero-order chi connectivity index (χ0) is 15.2. The maximum Gasteiger partial charge on any atom is 0.471 e. The molecule has 0 atom stereocenters. The summed E-state index contributed by atoms with van der Waals surface area (Å²) in [6.07, 6.45) is -4.65. The van der Waals surface area contributed by atoms with Crippen molar-refractivity contribution in [3.8, 4) is 0 Å². The molecule has 0 bridgehead atoms. The van der Waals surface area contributed by atoms with Crippen LogP contribution in [-0.2, 0) is 4.79 Å². The van der Waals surface area contributed by atoms with Crippen molar-refractivity contribution in [2.75, 3.05) is 13.1 Å². The van der Waals surface area contributed by atoms with Gasteiger partial charge in [-0.05, 0) is 41.1 Å². The topological polar surface area (TPSA) is 58.2 Å². The second kappa shape index (κ2) is 7.46. The van der Waals surface area contributed by atoms with Crippen LogP contribution in [-0.4, -0.2) is 31.1 Å². The number of rotatable bonds is 5. The SMILES string of the molecule is O=C(NCCCNC(=O)C(F)(F)F)c1ccccc1I. The Kier molecular flexibility index (Phi) is 6.24. The van der Waals surface area contributed by atoms with Crippen LogP contribution in [0.3, 0.4) is 0 Å². The van der Waals surface area contributed by atoms with Gasteiger partial charge >= 0.3 is 12.1 Å². The van der Waals surface area contributed by atoms with Gasteiger partial charge in [0.05, 0.1) is 5.56 Å². The van der Waals surface area contributed by atoms with Gasteiger partial charge < -0.3 is 10.6 Å². The summed E-state index contributed by atoms with van der Waals surface area (Å²) in [5, 5.41) is 4.31. The van der Waals surface area contributed by atoms with Crippen molar-refractivity contribution < 1.29 is 22.8 Å². The van der Waals surface area contributed by atoms with Crippen LogP contribution in [0.1, 0.15) is 16.8 Å². The van der Waals surface area contributed by atoms with Gasteiger partial charge in [-0.2, -0.15) is 13.2 Å². The number of benzene rings is 1. The van der Waals surface area contributed by atoms with E-state index in [1.165, 1.54) is 0 Å². The minimum absolute atomic E-state index is 0.148. The molecule has 0 aliphatic carbocycles. The number of carbonyl (C=O) groups excluding carboxylic acids is 2. The Morgan fingerprint density at radius 3 is 2.30 bits per heavy atom. The Hall–Kier alpha value is -1.32. The van der Waals surface area contributed by atoms with Crippen molar-refractivity contribution in [3.63, 3.8) is 0 Å². The van der Waals surface area contributed by atoms with E-state index in [9.17, 15) is 22.8 Å². The summed E-state index contributed by atoms with van der Waals surface area (Å²) in [5.74, 6) is -2.27. The second-order valence-corrected chi connectivity index (χ2v) is 5.01. The van der Waals surface area contributed by atoms with Crippen molar-refractivity contribution in [1.29, 1.82) is 0 Å². The second-order valence-electron chi connectivity index (χ2n) is 3.84. The van der Waals surface area contributed by atoms with Gasteiger partial charge in [-0.25, -0.2) is 0 Å². The molecule has 0 aromatic heterocycles. The molecule has 1 aromatic carbocycles. The fourth-order valence-corrected chi connectivity index (χ4v) is 1.97. The first-order valence-corrected chi connectivity index (χ1v) is 6.78. The van der Waals surface area contributed by atoms with E-state index < -0.39 is 12.1 Å². The van der Waals surface area contributed by atoms with Gasteiger partial charge in [-0.3, -0.25) is 9.59 Å². The number of hydrogen-bond donors (Lipinski definition) is 2. The predicted molar refractivity (Wildman–Crippen MR) is 75.2 cm³/mol. The number of carbonyl (C=O) groups is 2. The smallest absolute Gasteiger partial charge is 0.352 e. The maximum absolute atomic E-state index is 11.9. The lowest BCUT2D eigenvalue weighted by atomic mass is 10.2. The van der Waals surface area contributed by atoms with Gasteiger partial charge in [0.2, 0.25) is 0 Å². The summed E-state index contributed by atoms with van der Waals surface area (Å²) in [7, 11) is 0. The Morgan fingerprint density at radius 1 is 1.10 bits per heavy atom. The zero-order valence-electron chi connectivity index (χ0n) is 10.3. The van der Waals surface area contributed by atoms with Crippen molar-refractivity contribution in [2.24, 2.45) is 0 Å². The highest BCUT2D eigenvalue weighted by Gasteiger charge is 2.38. The third kappa shape index (κ3) is 5.35. The molecule has 0 aliphatic rings. The molecule has 2 amide bonds. The van der Waals surface area contributed by atoms with Gasteiger partial charge in [0, 0.05) is 16.7 Å². The number of hydrogen-bond acceptors (Lipinski definition) is 2. The van der Waals surface area contributed by atoms with Crippen molar-refractivity contribution in [1.82, 2.24) is 10.6 Å². The van der Waals surface area contributed by atoms with Crippen LogP contribution in [0.4, 0.5) is 13.2 Å². The first-order valence-electron chi connectivity index (χ1n) is 5.70. The van der Waals surface area contributed by atoms with Crippen LogP contribution in [0.5, 0.6) is 0 Å². The molecule has 2 N–H and O–H groups in total. The van der Waals surface area contributed by atoms with E-state index >= 15 is 0 Å². The van der Waals surface area contributed by atoms with E-state index in [0.29, 0.717) is 5.56 Å². The molecule has 0 fully saturated rings. The molecule has 0 radical (unpaired) electrons. The fourth-order valence-electron chi connectivity index (χ4n) is 1.33. The molecule has 0 unspecified atom stereocenters. The first-order chi connectivity index (χ1) is 9.32. The highest BCUT2D eigenvalue weighted by molar-refractivity contribution is 14.1. The number of nitrogens with one attached hydrogen (secondary N) is 2. The van der Waals surface area contributed by atoms with Gasteiger partial charge in [0.1, 0.15) is 0 Å². The summed E-state index contributed by atoms with van der Waals surface area (Å²) in [6, 6.07) is 6.95. The first kappa shape index (κ1) is 16.7. The predicted octanol–water partition coefficient (Wildman–Crippen LogP) is 2.09. The molecule has 110 valence electrons. The molecule has 20 heavy (non-hydrogen) atoms.